The minimum Gasteiger partial charge on any atom is -0.462 e. The first-order valence-corrected chi connectivity index (χ1v) is 14.9. The number of amides is 1. The fraction of sp³-hybridized carbons (Fsp3) is 0.867. The van der Waals surface area contributed by atoms with E-state index in [1.165, 1.54) is 13.8 Å². The number of nitrogens with two attached hydrogens (primary N) is 2. The van der Waals surface area contributed by atoms with Crippen molar-refractivity contribution in [2.24, 2.45) is 35.1 Å². The number of carbonyl (C=O) groups excluding carboxylic acids is 4. The second-order valence-corrected chi connectivity index (χ2v) is 12.4. The molecule has 0 saturated carbocycles. The Balaban J connectivity index is 0.00000107. The van der Waals surface area contributed by atoms with Crippen molar-refractivity contribution in [2.75, 3.05) is 20.7 Å². The van der Waals surface area contributed by atoms with Crippen LogP contribution in [0.1, 0.15) is 88.0 Å². The van der Waals surface area contributed by atoms with Crippen LogP contribution in [0, 0.1) is 23.7 Å². The summed E-state index contributed by atoms with van der Waals surface area (Å²) in [6.07, 6.45) is 0.555. The lowest BCUT2D eigenvalue weighted by atomic mass is 9.76. The molecule has 2 heterocycles. The van der Waals surface area contributed by atoms with Crippen LogP contribution in [0.15, 0.2) is 0 Å². The van der Waals surface area contributed by atoms with E-state index in [0.717, 1.165) is 12.8 Å². The van der Waals surface area contributed by atoms with Crippen molar-refractivity contribution >= 4 is 23.6 Å². The summed E-state index contributed by atoms with van der Waals surface area (Å²) >= 11 is 0. The first-order valence-electron chi connectivity index (χ1n) is 14.9. The highest BCUT2D eigenvalue weighted by Crippen LogP contribution is 2.33. The van der Waals surface area contributed by atoms with Crippen LogP contribution in [0.2, 0.25) is 0 Å². The van der Waals surface area contributed by atoms with E-state index in [1.807, 2.05) is 34.9 Å². The van der Waals surface area contributed by atoms with Crippen LogP contribution >= 0.6 is 0 Å². The maximum Gasteiger partial charge on any atom is 0.405 e. The zero-order chi connectivity index (χ0) is 33.2. The molecule has 2 aliphatic rings. The summed E-state index contributed by atoms with van der Waals surface area (Å²) in [4.78, 5) is 51.5. The third-order valence-electron chi connectivity index (χ3n) is 7.98. The normalized spacial score (nSPS) is 38.6. The number of esters is 1. The van der Waals surface area contributed by atoms with Gasteiger partial charge in [0.1, 0.15) is 35.3 Å². The molecule has 0 bridgehead atoms. The van der Waals surface area contributed by atoms with E-state index < -0.39 is 71.7 Å². The summed E-state index contributed by atoms with van der Waals surface area (Å²) in [5.41, 5.74) is 8.44. The largest absolute Gasteiger partial charge is 0.462 e. The minimum absolute atomic E-state index is 0.0855. The number of primary amides is 1. The molecule has 0 radical (unpaired) electrons. The van der Waals surface area contributed by atoms with Gasteiger partial charge in [0.2, 0.25) is 0 Å². The van der Waals surface area contributed by atoms with Crippen LogP contribution < -0.4 is 11.5 Å². The summed E-state index contributed by atoms with van der Waals surface area (Å²) in [6, 6.07) is -0.546. The van der Waals surface area contributed by atoms with E-state index in [-0.39, 0.29) is 24.7 Å². The average molecular weight is 604 g/mol. The molecule has 2 saturated heterocycles. The number of carbonyl (C=O) groups is 4. The van der Waals surface area contributed by atoms with Crippen LogP contribution in [0.25, 0.3) is 0 Å². The van der Waals surface area contributed by atoms with E-state index in [2.05, 4.69) is 4.90 Å². The number of ether oxygens (including phenoxy) is 3. The Morgan fingerprint density at radius 2 is 1.48 bits per heavy atom. The number of cyclic esters (lactones) is 1. The summed E-state index contributed by atoms with van der Waals surface area (Å²) in [5.74, 6) is -4.51. The van der Waals surface area contributed by atoms with E-state index in [4.69, 9.17) is 25.7 Å². The highest BCUT2D eigenvalue weighted by Gasteiger charge is 2.43. The molecule has 1 amide bonds. The van der Waals surface area contributed by atoms with Gasteiger partial charge in [-0.3, -0.25) is 14.4 Å². The van der Waals surface area contributed by atoms with Crippen LogP contribution in [0.3, 0.4) is 0 Å². The average Bonchev–Trinajstić information content (AvgIpc) is 2.89. The number of nitrogens with zero attached hydrogens (tertiary/aromatic N) is 1. The first-order chi connectivity index (χ1) is 19.2. The van der Waals surface area contributed by atoms with Crippen LogP contribution in [-0.2, 0) is 28.6 Å². The highest BCUT2D eigenvalue weighted by molar-refractivity contribution is 5.99. The minimum atomic E-state index is -1.67. The molecule has 0 spiro atoms. The SMILES string of the molecule is CC.CC1C(=O)OC[C@@](C)(O)C(N)C(C)C(=O)[C@H](C)C[C@@](C)(OC(N)=O)C[C@@H](C)C1=O.CC1CC(N(C)C)CC(O)O1. The smallest absolute Gasteiger partial charge is 0.405 e. The van der Waals surface area contributed by atoms with Crippen molar-refractivity contribution in [1.82, 2.24) is 4.90 Å². The molecule has 10 atom stereocenters. The molecule has 2 rings (SSSR count). The summed E-state index contributed by atoms with van der Waals surface area (Å²) in [5, 5.41) is 19.9. The van der Waals surface area contributed by atoms with Crippen LogP contribution in [0.5, 0.6) is 0 Å². The van der Waals surface area contributed by atoms with Crippen molar-refractivity contribution in [1.29, 1.82) is 0 Å². The van der Waals surface area contributed by atoms with Gasteiger partial charge in [-0.25, -0.2) is 4.79 Å². The van der Waals surface area contributed by atoms with Crippen LogP contribution in [-0.4, -0.2) is 95.1 Å². The molecular formula is C30H57N3O9. The lowest BCUT2D eigenvalue weighted by Crippen LogP contribution is -2.55. The summed E-state index contributed by atoms with van der Waals surface area (Å²) in [7, 11) is 4.07. The molecule has 2 aliphatic heterocycles. The van der Waals surface area contributed by atoms with Gasteiger partial charge in [-0.15, -0.1) is 0 Å². The highest BCUT2D eigenvalue weighted by atomic mass is 16.6. The number of ketones is 2. The van der Waals surface area contributed by atoms with Gasteiger partial charge in [-0.1, -0.05) is 34.6 Å². The fourth-order valence-corrected chi connectivity index (χ4v) is 5.56. The van der Waals surface area contributed by atoms with E-state index in [9.17, 15) is 29.4 Å². The Labute approximate surface area is 251 Å². The van der Waals surface area contributed by atoms with Crippen molar-refractivity contribution in [3.05, 3.63) is 0 Å². The molecule has 0 aromatic carbocycles. The molecule has 12 nitrogen and oxygen atoms in total. The van der Waals surface area contributed by atoms with Crippen molar-refractivity contribution < 1.29 is 43.6 Å². The maximum atomic E-state index is 12.9. The van der Waals surface area contributed by atoms with Crippen LogP contribution in [0.4, 0.5) is 4.79 Å². The molecule has 246 valence electrons. The lowest BCUT2D eigenvalue weighted by Gasteiger charge is -2.37. The fourth-order valence-electron chi connectivity index (χ4n) is 5.56. The van der Waals surface area contributed by atoms with Gasteiger partial charge in [0.15, 0.2) is 6.29 Å². The van der Waals surface area contributed by atoms with Gasteiger partial charge in [-0.2, -0.15) is 0 Å². The third kappa shape index (κ3) is 12.2. The molecule has 0 aliphatic carbocycles. The van der Waals surface area contributed by atoms with Gasteiger partial charge in [0, 0.05) is 36.3 Å². The molecular weight excluding hydrogens is 546 g/mol. The number of rotatable bonds is 2. The lowest BCUT2D eigenvalue weighted by molar-refractivity contribution is -0.172. The topological polar surface area (TPSA) is 192 Å². The second-order valence-electron chi connectivity index (χ2n) is 12.4. The molecule has 0 aromatic heterocycles. The quantitative estimate of drug-likeness (QED) is 0.268. The number of hydrogen-bond donors (Lipinski definition) is 4. The zero-order valence-electron chi connectivity index (χ0n) is 27.5. The van der Waals surface area contributed by atoms with Gasteiger partial charge >= 0.3 is 12.1 Å². The van der Waals surface area contributed by atoms with E-state index in [1.54, 1.807) is 27.7 Å². The van der Waals surface area contributed by atoms with E-state index >= 15 is 0 Å². The second kappa shape index (κ2) is 17.2. The Kier molecular flexibility index (Phi) is 16.4. The monoisotopic (exact) mass is 603 g/mol. The Morgan fingerprint density at radius 3 is 1.93 bits per heavy atom. The number of aliphatic hydroxyl groups excluding tert-OH is 1. The Bertz CT molecular complexity index is 887. The first kappa shape index (κ1) is 39.9. The predicted molar refractivity (Wildman–Crippen MR) is 159 cm³/mol. The third-order valence-corrected chi connectivity index (χ3v) is 7.98. The molecule has 0 aromatic rings. The Morgan fingerprint density at radius 1 is 0.976 bits per heavy atom. The van der Waals surface area contributed by atoms with Crippen molar-refractivity contribution in [3.63, 3.8) is 0 Å². The molecule has 12 heteroatoms. The number of hydrogen-bond acceptors (Lipinski definition) is 11. The van der Waals surface area contributed by atoms with E-state index in [0.29, 0.717) is 6.04 Å². The van der Waals surface area contributed by atoms with Gasteiger partial charge in [-0.05, 0) is 61.1 Å². The zero-order valence-corrected chi connectivity index (χ0v) is 27.5. The molecule has 6 unspecified atom stereocenters. The summed E-state index contributed by atoms with van der Waals surface area (Å²) in [6.45, 7) is 14.8. The van der Waals surface area contributed by atoms with Gasteiger partial charge in [0.05, 0.1) is 6.10 Å². The maximum absolute atomic E-state index is 12.9. The standard InChI is InChI=1S/C20H34N2O7.C8H17NO2.C2H6/c1-10-7-19(5,29-18(22)26)8-11(2)15(24)13(4)17(25)28-9-20(6,27)16(21)12(3)14(10)23;1-6-4-7(9(2)3)5-8(10)11-6;1-2/h10-13,16,27H,7-9,21H2,1-6H3,(H2,22,26);6-8,10H,4-5H2,1-3H3;1-2H3/t10-,11-,12?,13?,16?,19-,20-;;/m1../s1. The predicted octanol–water partition coefficient (Wildman–Crippen LogP) is 2.40. The van der Waals surface area contributed by atoms with Crippen molar-refractivity contribution in [2.45, 2.75) is 124 Å². The van der Waals surface area contributed by atoms with Crippen molar-refractivity contribution in [3.8, 4) is 0 Å². The van der Waals surface area contributed by atoms with Gasteiger partial charge in [0.25, 0.3) is 0 Å². The Hall–Kier alpha value is -2.12. The van der Waals surface area contributed by atoms with Gasteiger partial charge < -0.3 is 40.8 Å². The summed E-state index contributed by atoms with van der Waals surface area (Å²) < 4.78 is 15.6. The number of Topliss-reactive ketones (excluding diaryl/α,β-unsaturated/α-hetero) is 2. The molecule has 42 heavy (non-hydrogen) atoms. The molecule has 6 N–H and O–H groups in total. The molecule has 2 fully saturated rings. The number of aliphatic hydroxyl groups is 2.